The van der Waals surface area contributed by atoms with Gasteiger partial charge in [-0.2, -0.15) is 0 Å². The van der Waals surface area contributed by atoms with Crippen LogP contribution in [0.15, 0.2) is 21.5 Å². The van der Waals surface area contributed by atoms with Crippen molar-refractivity contribution in [1.82, 2.24) is 31.4 Å². The maximum Gasteiger partial charge on any atom is 0.355 e. The Morgan fingerprint density at radius 1 is 0.677 bits per heavy atom. The van der Waals surface area contributed by atoms with Crippen molar-refractivity contribution in [2.24, 2.45) is 10.8 Å². The topological polar surface area (TPSA) is 241 Å². The fraction of sp³-hybridized carbons (Fsp3) is 0.471. The summed E-state index contributed by atoms with van der Waals surface area (Å²) in [5, 5.41) is 29.5. The van der Waals surface area contributed by atoms with Gasteiger partial charge in [-0.1, -0.05) is 46.4 Å². The van der Waals surface area contributed by atoms with Gasteiger partial charge in [-0.05, 0) is 25.7 Å². The van der Waals surface area contributed by atoms with Crippen LogP contribution in [0.2, 0.25) is 0 Å². The molecule has 6 N–H and O–H groups in total. The largest absolute Gasteiger partial charge is 0.476 e. The number of aromatic nitrogens is 4. The highest BCUT2D eigenvalue weighted by molar-refractivity contribution is 8.74. The normalized spacial score (nSPS) is 13.3. The van der Waals surface area contributed by atoms with Crippen LogP contribution in [0.4, 0.5) is 0 Å². The van der Waals surface area contributed by atoms with Gasteiger partial charge in [0.1, 0.15) is 43.0 Å². The number of Topliss-reactive ketones (excluding diaryl/α,β-unsaturated/α-hetero) is 2. The summed E-state index contributed by atoms with van der Waals surface area (Å²) >= 11 is 21.5. The van der Waals surface area contributed by atoms with Gasteiger partial charge in [-0.3, -0.25) is 19.2 Å². The molecule has 0 atom stereocenters. The number of hydrogen-bond donors (Lipinski definition) is 4. The van der Waals surface area contributed by atoms with E-state index in [0.29, 0.717) is 32.3 Å². The van der Waals surface area contributed by atoms with Crippen molar-refractivity contribution in [3.63, 3.8) is 0 Å². The fourth-order valence-electron chi connectivity index (χ4n) is 4.27. The molecule has 65 heavy (non-hydrogen) atoms. The Balaban J connectivity index is 0.000000311. The molecule has 6 rings (SSSR count). The van der Waals surface area contributed by atoms with Gasteiger partial charge in [-0.15, -0.1) is 56.9 Å². The van der Waals surface area contributed by atoms with Gasteiger partial charge in [0, 0.05) is 139 Å². The molecule has 0 unspecified atom stereocenters. The average molecular weight is 1210 g/mol. The first-order valence-electron chi connectivity index (χ1n) is 17.9. The van der Waals surface area contributed by atoms with E-state index in [0.717, 1.165) is 30.7 Å². The maximum atomic E-state index is 11.9. The summed E-state index contributed by atoms with van der Waals surface area (Å²) in [5.74, 6) is -1.92. The van der Waals surface area contributed by atoms with Gasteiger partial charge in [0.05, 0.1) is 25.3 Å². The standard InChI is InChI=1S/C15H15N3O4S2.C11H18O2S.C8H5ClN2O2S2.H3N.S11/c1-15(2-3-15)10(19)4-11(20)16-5-12-17-8(6-23-12)13-18-9(7-24-13)14(21)22;1-10(2,3)14-9(13)7-8(12)11(4)5-6-11;9-1-6-10-4(2-14-6)7-11-5(3-15-7)8(12)13;;1-3-5-7-9-11-10-8-6-4-2/h6-7H,2-5H2,1H3,(H,16,20)(H,21,22);5-7H2,1-4H3;2-3H,1H2,(H,12,13);1H3;. The Kier molecular flexibility index (Phi) is 27.6. The van der Waals surface area contributed by atoms with Gasteiger partial charge >= 0.3 is 11.9 Å². The van der Waals surface area contributed by atoms with E-state index in [1.165, 1.54) is 85.6 Å². The molecule has 0 aromatic carbocycles. The molecule has 14 nitrogen and oxygen atoms in total. The molecule has 4 aromatic rings. The van der Waals surface area contributed by atoms with Crippen molar-refractivity contribution in [3.8, 4) is 21.4 Å². The quantitative estimate of drug-likeness (QED) is 0.0733. The lowest BCUT2D eigenvalue weighted by Crippen LogP contribution is -2.27. The Bertz CT molecular complexity index is 2710. The Morgan fingerprint density at radius 3 is 1.46 bits per heavy atom. The van der Waals surface area contributed by atoms with Crippen LogP contribution >= 0.6 is 68.7 Å². The molecule has 2 saturated carbocycles. The second-order valence-electron chi connectivity index (χ2n) is 14.4. The summed E-state index contributed by atoms with van der Waals surface area (Å²) in [6.07, 6.45) is 3.66. The number of nitrogens with one attached hydrogen (secondary N) is 1. The number of alkyl halides is 1. The Hall–Kier alpha value is -1.04. The van der Waals surface area contributed by atoms with Gasteiger partial charge in [0.25, 0.3) is 0 Å². The molecule has 2 fully saturated rings. The monoisotopic (exact) mass is 1210 g/mol. The first kappa shape index (κ1) is 60.1. The number of nitrogens with zero attached hydrogens (tertiary/aromatic N) is 4. The summed E-state index contributed by atoms with van der Waals surface area (Å²) in [7, 11) is 14.5. The Labute approximate surface area is 436 Å². The number of halogens is 1. The van der Waals surface area contributed by atoms with Crippen LogP contribution < -0.4 is 11.5 Å². The average Bonchev–Trinajstić information content (AvgIpc) is 3.75. The van der Waals surface area contributed by atoms with E-state index in [1.807, 2.05) is 40.0 Å². The lowest BCUT2D eigenvalue weighted by Gasteiger charge is -2.16. The van der Waals surface area contributed by atoms with E-state index in [-0.39, 0.29) is 75.1 Å². The second-order valence-corrected chi connectivity index (χ2v) is 36.0. The number of hydrogen-bond acceptors (Lipinski definition) is 18. The minimum Gasteiger partial charge on any atom is -0.476 e. The molecule has 0 radical (unpaired) electrons. The molecule has 31 heteroatoms. The van der Waals surface area contributed by atoms with E-state index in [2.05, 4.69) is 47.6 Å². The van der Waals surface area contributed by atoms with E-state index < -0.39 is 11.9 Å². The molecule has 0 spiro atoms. The third-order valence-electron chi connectivity index (χ3n) is 8.15. The summed E-state index contributed by atoms with van der Waals surface area (Å²) in [6, 6.07) is 0. The molecule has 0 bridgehead atoms. The predicted molar refractivity (Wildman–Crippen MR) is 294 cm³/mol. The number of aromatic carboxylic acids is 2. The highest BCUT2D eigenvalue weighted by atomic mass is 35.5. The lowest BCUT2D eigenvalue weighted by atomic mass is 10.0. The van der Waals surface area contributed by atoms with Gasteiger partial charge in [-0.25, -0.2) is 29.5 Å². The number of thioether (sulfide) groups is 1. The van der Waals surface area contributed by atoms with Crippen molar-refractivity contribution >= 4 is 206 Å². The predicted octanol–water partition coefficient (Wildman–Crippen LogP) is 7.98. The number of carbonyl (C=O) groups is 6. The number of carbonyl (C=O) groups excluding carboxylic acids is 4. The van der Waals surface area contributed by atoms with Crippen LogP contribution in [0.5, 0.6) is 0 Å². The van der Waals surface area contributed by atoms with Crippen LogP contribution in [0.3, 0.4) is 0 Å². The number of amides is 1. The van der Waals surface area contributed by atoms with Crippen molar-refractivity contribution in [3.05, 3.63) is 42.9 Å². The van der Waals surface area contributed by atoms with Gasteiger partial charge < -0.3 is 21.7 Å². The summed E-state index contributed by atoms with van der Waals surface area (Å²) < 4.78 is -0.0815. The molecule has 1 amide bonds. The second kappa shape index (κ2) is 29.9. The Morgan fingerprint density at radius 2 is 1.09 bits per heavy atom. The molecule has 2 aliphatic rings. The number of thiazole rings is 4. The molecule has 2 aliphatic carbocycles. The zero-order valence-electron chi connectivity index (χ0n) is 34.7. The third kappa shape index (κ3) is 23.0. The SMILES string of the molecule is CC(C)(C)SC(=O)CC(=O)C1(C)CC1.CC1(C(=O)CC(=O)NCc2nc(-c3nc(C(=O)O)cs3)cs2)CC1.N.O=C(O)c1csc(-c2csc(CCl)n2)n1.S=S=S=S=S=S=S=S=S=S=S. The van der Waals surface area contributed by atoms with Crippen LogP contribution in [-0.2, 0) is 134 Å². The first-order valence-corrected chi connectivity index (χ1v) is 36.1. The molecular weight excluding hydrogens is 1170 g/mol. The number of carboxylic acid groups (broad SMARTS) is 2. The summed E-state index contributed by atoms with van der Waals surface area (Å²) in [6.45, 7) is 10.0. The zero-order chi connectivity index (χ0) is 47.5. The minimum absolute atomic E-state index is 0. The van der Waals surface area contributed by atoms with Crippen molar-refractivity contribution in [2.45, 2.75) is 90.3 Å². The van der Waals surface area contributed by atoms with Crippen LogP contribution in [0.25, 0.3) is 21.4 Å². The van der Waals surface area contributed by atoms with Gasteiger partial charge in [0.2, 0.25) is 5.91 Å². The number of ketones is 2. The fourth-order valence-corrected chi connectivity index (χ4v) is 27.6. The van der Waals surface area contributed by atoms with Crippen molar-refractivity contribution < 1.29 is 39.0 Å². The van der Waals surface area contributed by atoms with Crippen LogP contribution in [-0.4, -0.2) is 69.4 Å². The molecule has 4 aromatic heterocycles. The molecule has 0 saturated heterocycles. The van der Waals surface area contributed by atoms with E-state index in [4.69, 9.17) is 21.8 Å². The highest BCUT2D eigenvalue weighted by Crippen LogP contribution is 2.47. The lowest BCUT2D eigenvalue weighted by molar-refractivity contribution is -0.131. The third-order valence-corrected chi connectivity index (χ3v) is 30.8. The van der Waals surface area contributed by atoms with Crippen LogP contribution in [0, 0.1) is 10.8 Å². The zero-order valence-corrected chi connectivity index (χ0v) is 48.5. The highest BCUT2D eigenvalue weighted by Gasteiger charge is 2.45. The van der Waals surface area contributed by atoms with Crippen molar-refractivity contribution in [1.29, 1.82) is 0 Å². The molecule has 4 heterocycles. The van der Waals surface area contributed by atoms with E-state index in [9.17, 15) is 28.8 Å². The summed E-state index contributed by atoms with van der Waals surface area (Å²) in [4.78, 5) is 84.7. The van der Waals surface area contributed by atoms with Crippen LogP contribution in [0.1, 0.15) is 104 Å². The number of carboxylic acids is 2. The maximum absolute atomic E-state index is 11.9. The van der Waals surface area contributed by atoms with Gasteiger partial charge in [0.15, 0.2) is 16.5 Å². The van der Waals surface area contributed by atoms with E-state index in [1.54, 1.807) is 67.5 Å². The molecule has 358 valence electrons. The molecular formula is C34H41ClN6O8S16. The summed E-state index contributed by atoms with van der Waals surface area (Å²) in [5.41, 5.74) is 0.865. The van der Waals surface area contributed by atoms with Crippen molar-refractivity contribution in [2.75, 3.05) is 0 Å². The first-order chi connectivity index (χ1) is 30.2. The molecule has 0 aliphatic heterocycles. The van der Waals surface area contributed by atoms with E-state index >= 15 is 0 Å². The number of rotatable bonds is 13. The smallest absolute Gasteiger partial charge is 0.355 e. The minimum atomic E-state index is -1.07.